The van der Waals surface area contributed by atoms with Crippen LogP contribution in [0, 0.1) is 5.92 Å². The summed E-state index contributed by atoms with van der Waals surface area (Å²) in [5, 5.41) is 4.09. The SMILES string of the molecule is C[C@@H](c1ccc(-n2cncn2)cc1)N(C)C(=O)C[C@@H]1CCS(=O)(=O)C1. The van der Waals surface area contributed by atoms with Gasteiger partial charge in [0.15, 0.2) is 9.84 Å². The fraction of sp³-hybridized carbons (Fsp3) is 0.471. The number of carbonyl (C=O) groups is 1. The average molecular weight is 362 g/mol. The summed E-state index contributed by atoms with van der Waals surface area (Å²) >= 11 is 0. The van der Waals surface area contributed by atoms with Gasteiger partial charge in [0.05, 0.1) is 23.2 Å². The van der Waals surface area contributed by atoms with E-state index < -0.39 is 9.84 Å². The number of hydrogen-bond acceptors (Lipinski definition) is 5. The van der Waals surface area contributed by atoms with Crippen LogP contribution in [0.5, 0.6) is 0 Å². The van der Waals surface area contributed by atoms with E-state index in [0.29, 0.717) is 6.42 Å². The largest absolute Gasteiger partial charge is 0.339 e. The van der Waals surface area contributed by atoms with Gasteiger partial charge in [-0.25, -0.2) is 18.1 Å². The van der Waals surface area contributed by atoms with Gasteiger partial charge >= 0.3 is 0 Å². The zero-order valence-electron chi connectivity index (χ0n) is 14.4. The van der Waals surface area contributed by atoms with E-state index in [1.807, 2.05) is 31.2 Å². The summed E-state index contributed by atoms with van der Waals surface area (Å²) in [7, 11) is -1.18. The van der Waals surface area contributed by atoms with Crippen LogP contribution in [0.4, 0.5) is 0 Å². The molecule has 7 nitrogen and oxygen atoms in total. The highest BCUT2D eigenvalue weighted by Gasteiger charge is 2.31. The maximum absolute atomic E-state index is 12.5. The molecule has 1 aromatic heterocycles. The molecule has 134 valence electrons. The van der Waals surface area contributed by atoms with Gasteiger partial charge in [0.1, 0.15) is 12.7 Å². The minimum atomic E-state index is -2.95. The molecule has 2 aromatic rings. The van der Waals surface area contributed by atoms with Crippen molar-refractivity contribution in [1.82, 2.24) is 19.7 Å². The third-order valence-corrected chi connectivity index (χ3v) is 6.66. The molecule has 0 unspecified atom stereocenters. The molecule has 1 fully saturated rings. The highest BCUT2D eigenvalue weighted by Crippen LogP contribution is 2.25. The monoisotopic (exact) mass is 362 g/mol. The summed E-state index contributed by atoms with van der Waals surface area (Å²) in [6, 6.07) is 7.71. The quantitative estimate of drug-likeness (QED) is 0.807. The Morgan fingerprint density at radius 2 is 2.08 bits per heavy atom. The smallest absolute Gasteiger partial charge is 0.223 e. The van der Waals surface area contributed by atoms with Crippen LogP contribution in [0.2, 0.25) is 0 Å². The second kappa shape index (κ2) is 6.95. The second-order valence-corrected chi connectivity index (χ2v) is 8.81. The van der Waals surface area contributed by atoms with Crippen molar-refractivity contribution < 1.29 is 13.2 Å². The maximum Gasteiger partial charge on any atom is 0.223 e. The van der Waals surface area contributed by atoms with Crippen LogP contribution in [0.1, 0.15) is 31.4 Å². The summed E-state index contributed by atoms with van der Waals surface area (Å²) < 4.78 is 24.8. The van der Waals surface area contributed by atoms with E-state index in [1.165, 1.54) is 6.33 Å². The third-order valence-electron chi connectivity index (χ3n) is 4.82. The molecule has 1 amide bonds. The number of sulfone groups is 1. The molecule has 1 aliphatic rings. The first-order chi connectivity index (χ1) is 11.9. The summed E-state index contributed by atoms with van der Waals surface area (Å²) in [6.45, 7) is 1.97. The van der Waals surface area contributed by atoms with Crippen molar-refractivity contribution in [1.29, 1.82) is 0 Å². The van der Waals surface area contributed by atoms with Crippen molar-refractivity contribution in [2.24, 2.45) is 5.92 Å². The predicted molar refractivity (Wildman–Crippen MR) is 93.9 cm³/mol. The van der Waals surface area contributed by atoms with E-state index >= 15 is 0 Å². The van der Waals surface area contributed by atoms with Crippen molar-refractivity contribution in [3.05, 3.63) is 42.5 Å². The Morgan fingerprint density at radius 3 is 2.64 bits per heavy atom. The predicted octanol–water partition coefficient (Wildman–Crippen LogP) is 1.61. The third kappa shape index (κ3) is 4.07. The molecule has 25 heavy (non-hydrogen) atoms. The standard InChI is InChI=1S/C17H22N4O3S/c1-13(15-3-5-16(6-4-15)21-12-18-11-19-21)20(2)17(22)9-14-7-8-25(23,24)10-14/h3-6,11-14H,7-10H2,1-2H3/t13-,14-/m0/s1. The zero-order valence-corrected chi connectivity index (χ0v) is 15.2. The molecule has 0 spiro atoms. The normalized spacial score (nSPS) is 20.3. The molecule has 3 rings (SSSR count). The molecular weight excluding hydrogens is 340 g/mol. The maximum atomic E-state index is 12.5. The highest BCUT2D eigenvalue weighted by molar-refractivity contribution is 7.91. The first kappa shape index (κ1) is 17.6. The molecule has 1 saturated heterocycles. The summed E-state index contributed by atoms with van der Waals surface area (Å²) in [5.41, 5.74) is 1.91. The number of benzene rings is 1. The van der Waals surface area contributed by atoms with Gasteiger partial charge in [-0.1, -0.05) is 12.1 Å². The van der Waals surface area contributed by atoms with Crippen molar-refractivity contribution in [2.45, 2.75) is 25.8 Å². The Hall–Kier alpha value is -2.22. The Kier molecular flexibility index (Phi) is 4.89. The van der Waals surface area contributed by atoms with E-state index in [1.54, 1.807) is 23.0 Å². The molecule has 8 heteroatoms. The topological polar surface area (TPSA) is 85.2 Å². The Labute approximate surface area is 147 Å². The number of aromatic nitrogens is 3. The van der Waals surface area contributed by atoms with Crippen molar-refractivity contribution in [2.75, 3.05) is 18.6 Å². The second-order valence-electron chi connectivity index (χ2n) is 6.59. The van der Waals surface area contributed by atoms with E-state index in [4.69, 9.17) is 0 Å². The molecule has 0 bridgehead atoms. The molecule has 0 radical (unpaired) electrons. The van der Waals surface area contributed by atoms with Gasteiger partial charge in [-0.2, -0.15) is 5.10 Å². The lowest BCUT2D eigenvalue weighted by Gasteiger charge is -2.26. The van der Waals surface area contributed by atoms with Gasteiger partial charge in [-0.05, 0) is 37.0 Å². The molecule has 0 N–H and O–H groups in total. The van der Waals surface area contributed by atoms with Gasteiger partial charge in [-0.15, -0.1) is 0 Å². The minimum absolute atomic E-state index is 0.0186. The average Bonchev–Trinajstić information content (AvgIpc) is 3.23. The molecule has 0 saturated carbocycles. The Balaban J connectivity index is 1.63. The van der Waals surface area contributed by atoms with E-state index in [-0.39, 0.29) is 35.8 Å². The molecule has 2 heterocycles. The van der Waals surface area contributed by atoms with Gasteiger partial charge in [-0.3, -0.25) is 4.79 Å². The van der Waals surface area contributed by atoms with E-state index in [9.17, 15) is 13.2 Å². The summed E-state index contributed by atoms with van der Waals surface area (Å²) in [6.07, 6.45) is 3.98. The van der Waals surface area contributed by atoms with Crippen molar-refractivity contribution >= 4 is 15.7 Å². The lowest BCUT2D eigenvalue weighted by atomic mass is 10.0. The van der Waals surface area contributed by atoms with Crippen LogP contribution in [0.15, 0.2) is 36.9 Å². The fourth-order valence-electron chi connectivity index (χ4n) is 3.11. The van der Waals surface area contributed by atoms with Crippen LogP contribution < -0.4 is 0 Å². The van der Waals surface area contributed by atoms with Crippen LogP contribution in [-0.2, 0) is 14.6 Å². The van der Waals surface area contributed by atoms with Crippen molar-refractivity contribution in [3.63, 3.8) is 0 Å². The summed E-state index contributed by atoms with van der Waals surface area (Å²) in [5.74, 6) is 0.262. The van der Waals surface area contributed by atoms with E-state index in [2.05, 4.69) is 10.1 Å². The molecular formula is C17H22N4O3S. The first-order valence-corrected chi connectivity index (χ1v) is 10.1. The Bertz CT molecular complexity index is 831. The number of hydrogen-bond donors (Lipinski definition) is 0. The van der Waals surface area contributed by atoms with Crippen molar-refractivity contribution in [3.8, 4) is 5.69 Å². The van der Waals surface area contributed by atoms with Gasteiger partial charge in [0.25, 0.3) is 0 Å². The van der Waals surface area contributed by atoms with Crippen LogP contribution >= 0.6 is 0 Å². The first-order valence-electron chi connectivity index (χ1n) is 8.27. The lowest BCUT2D eigenvalue weighted by molar-refractivity contribution is -0.132. The van der Waals surface area contributed by atoms with Crippen LogP contribution in [0.25, 0.3) is 5.69 Å². The van der Waals surface area contributed by atoms with Gasteiger partial charge in [0.2, 0.25) is 5.91 Å². The van der Waals surface area contributed by atoms with Gasteiger partial charge < -0.3 is 4.90 Å². The lowest BCUT2D eigenvalue weighted by Crippen LogP contribution is -2.31. The Morgan fingerprint density at radius 1 is 1.36 bits per heavy atom. The van der Waals surface area contributed by atoms with Gasteiger partial charge in [0, 0.05) is 13.5 Å². The number of rotatable bonds is 5. The molecule has 0 aliphatic carbocycles. The van der Waals surface area contributed by atoms with Crippen LogP contribution in [0.3, 0.4) is 0 Å². The van der Waals surface area contributed by atoms with Crippen LogP contribution in [-0.4, -0.2) is 52.5 Å². The number of amides is 1. The molecule has 1 aliphatic heterocycles. The molecule has 2 atom stereocenters. The highest BCUT2D eigenvalue weighted by atomic mass is 32.2. The van der Waals surface area contributed by atoms with E-state index in [0.717, 1.165) is 11.3 Å². The minimum Gasteiger partial charge on any atom is -0.339 e. The summed E-state index contributed by atoms with van der Waals surface area (Å²) in [4.78, 5) is 18.1. The number of nitrogens with zero attached hydrogens (tertiary/aromatic N) is 4. The fourth-order valence-corrected chi connectivity index (χ4v) is 4.97. The molecule has 1 aromatic carbocycles. The number of carbonyl (C=O) groups excluding carboxylic acids is 1. The zero-order chi connectivity index (χ0) is 18.0.